The molecule has 0 spiro atoms. The molecular formula is C16H28O4. The first-order valence-electron chi connectivity index (χ1n) is 7.88. The van der Waals surface area contributed by atoms with Crippen molar-refractivity contribution < 1.29 is 19.4 Å². The summed E-state index contributed by atoms with van der Waals surface area (Å²) in [6, 6.07) is 0. The molecule has 0 aliphatic carbocycles. The lowest BCUT2D eigenvalue weighted by Gasteiger charge is -2.16. The molecule has 4 heteroatoms. The number of cyclic esters (lactones) is 1. The van der Waals surface area contributed by atoms with Gasteiger partial charge in [0.05, 0.1) is 6.61 Å². The standard InChI is InChI=1S/C16H28O4/c1-2-3-4-5-6-7-8-9-12-19-13-14(17)15-10-11-16(18)20-15/h10-11,14-15,17H,2-9,12-13H2,1H3/t14-,15-/m1/s1. The molecule has 0 saturated carbocycles. The van der Waals surface area contributed by atoms with Gasteiger partial charge in [0.15, 0.2) is 0 Å². The number of aliphatic hydroxyl groups excluding tert-OH is 1. The third kappa shape index (κ3) is 7.65. The molecule has 1 aliphatic rings. The SMILES string of the molecule is CCCCCCCCCCOC[C@@H](O)[C@H]1C=CC(=O)O1. The first kappa shape index (κ1) is 17.2. The fourth-order valence-corrected chi connectivity index (χ4v) is 2.23. The Kier molecular flexibility index (Phi) is 9.33. The van der Waals surface area contributed by atoms with Gasteiger partial charge in [-0.15, -0.1) is 0 Å². The maximum atomic E-state index is 10.8. The molecule has 1 aliphatic heterocycles. The van der Waals surface area contributed by atoms with Crippen LogP contribution in [0.3, 0.4) is 0 Å². The monoisotopic (exact) mass is 284 g/mol. The van der Waals surface area contributed by atoms with Crippen molar-refractivity contribution in [3.8, 4) is 0 Å². The number of hydrogen-bond donors (Lipinski definition) is 1. The van der Waals surface area contributed by atoms with Crippen molar-refractivity contribution in [2.75, 3.05) is 13.2 Å². The Hall–Kier alpha value is -0.870. The molecule has 1 heterocycles. The summed E-state index contributed by atoms with van der Waals surface area (Å²) < 4.78 is 10.3. The Morgan fingerprint density at radius 3 is 2.45 bits per heavy atom. The van der Waals surface area contributed by atoms with Gasteiger partial charge in [0.1, 0.15) is 12.2 Å². The van der Waals surface area contributed by atoms with E-state index in [1.165, 1.54) is 51.0 Å². The predicted octanol–water partition coefficient (Wildman–Crippen LogP) is 2.99. The van der Waals surface area contributed by atoms with E-state index in [4.69, 9.17) is 9.47 Å². The maximum Gasteiger partial charge on any atom is 0.331 e. The molecule has 1 rings (SSSR count). The van der Waals surface area contributed by atoms with Crippen LogP contribution >= 0.6 is 0 Å². The van der Waals surface area contributed by atoms with Gasteiger partial charge in [0.25, 0.3) is 0 Å². The van der Waals surface area contributed by atoms with Crippen LogP contribution in [0.25, 0.3) is 0 Å². The lowest BCUT2D eigenvalue weighted by molar-refractivity contribution is -0.144. The Balaban J connectivity index is 1.85. The molecule has 0 unspecified atom stereocenters. The number of ether oxygens (including phenoxy) is 2. The minimum Gasteiger partial charge on any atom is -0.452 e. The lowest BCUT2D eigenvalue weighted by atomic mass is 10.1. The number of carbonyl (C=O) groups is 1. The highest BCUT2D eigenvalue weighted by Crippen LogP contribution is 2.11. The molecular weight excluding hydrogens is 256 g/mol. The van der Waals surface area contributed by atoms with Crippen LogP contribution in [0, 0.1) is 0 Å². The summed E-state index contributed by atoms with van der Waals surface area (Å²) in [4.78, 5) is 10.8. The van der Waals surface area contributed by atoms with Crippen LogP contribution in [0.15, 0.2) is 12.2 Å². The van der Waals surface area contributed by atoms with Crippen molar-refractivity contribution in [1.82, 2.24) is 0 Å². The minimum absolute atomic E-state index is 0.221. The van der Waals surface area contributed by atoms with Gasteiger partial charge >= 0.3 is 5.97 Å². The van der Waals surface area contributed by atoms with E-state index in [9.17, 15) is 9.90 Å². The third-order valence-electron chi connectivity index (χ3n) is 3.48. The average molecular weight is 284 g/mol. The van der Waals surface area contributed by atoms with E-state index in [1.807, 2.05) is 0 Å². The summed E-state index contributed by atoms with van der Waals surface area (Å²) in [5.74, 6) is -0.392. The number of esters is 1. The van der Waals surface area contributed by atoms with Crippen LogP contribution in [-0.2, 0) is 14.3 Å². The van der Waals surface area contributed by atoms with Gasteiger partial charge in [-0.25, -0.2) is 4.79 Å². The molecule has 0 radical (unpaired) electrons. The molecule has 4 nitrogen and oxygen atoms in total. The fraction of sp³-hybridized carbons (Fsp3) is 0.812. The van der Waals surface area contributed by atoms with Crippen molar-refractivity contribution >= 4 is 5.97 Å². The quantitative estimate of drug-likeness (QED) is 0.442. The minimum atomic E-state index is -0.758. The molecule has 0 fully saturated rings. The summed E-state index contributed by atoms with van der Waals surface area (Å²) in [5, 5.41) is 9.74. The van der Waals surface area contributed by atoms with Gasteiger partial charge in [-0.3, -0.25) is 0 Å². The predicted molar refractivity (Wildman–Crippen MR) is 78.5 cm³/mol. The Bertz CT molecular complexity index is 288. The van der Waals surface area contributed by atoms with Gasteiger partial charge in [-0.2, -0.15) is 0 Å². The van der Waals surface area contributed by atoms with Gasteiger partial charge in [-0.1, -0.05) is 51.9 Å². The number of rotatable bonds is 12. The summed E-state index contributed by atoms with van der Waals surface area (Å²) in [6.07, 6.45) is 11.7. The number of unbranched alkanes of at least 4 members (excludes halogenated alkanes) is 7. The van der Waals surface area contributed by atoms with Crippen molar-refractivity contribution in [1.29, 1.82) is 0 Å². The van der Waals surface area contributed by atoms with Gasteiger partial charge in [0.2, 0.25) is 0 Å². The average Bonchev–Trinajstić information content (AvgIpc) is 2.87. The molecule has 0 bridgehead atoms. The molecule has 20 heavy (non-hydrogen) atoms. The van der Waals surface area contributed by atoms with E-state index in [0.717, 1.165) is 6.42 Å². The Morgan fingerprint density at radius 1 is 1.20 bits per heavy atom. The summed E-state index contributed by atoms with van der Waals surface area (Å²) >= 11 is 0. The van der Waals surface area contributed by atoms with Crippen molar-refractivity contribution in [2.45, 2.75) is 70.5 Å². The summed E-state index contributed by atoms with van der Waals surface area (Å²) in [5.41, 5.74) is 0. The van der Waals surface area contributed by atoms with Crippen LogP contribution in [0.4, 0.5) is 0 Å². The summed E-state index contributed by atoms with van der Waals surface area (Å²) in [6.45, 7) is 3.11. The third-order valence-corrected chi connectivity index (χ3v) is 3.48. The van der Waals surface area contributed by atoms with Gasteiger partial charge in [0, 0.05) is 12.7 Å². The zero-order valence-corrected chi connectivity index (χ0v) is 12.6. The number of carbonyl (C=O) groups excluding carboxylic acids is 1. The van der Waals surface area contributed by atoms with Crippen molar-refractivity contribution in [3.05, 3.63) is 12.2 Å². The highest BCUT2D eigenvalue weighted by molar-refractivity contribution is 5.84. The second-order valence-electron chi connectivity index (χ2n) is 5.38. The van der Waals surface area contributed by atoms with E-state index >= 15 is 0 Å². The molecule has 0 aromatic rings. The Morgan fingerprint density at radius 2 is 1.85 bits per heavy atom. The molecule has 116 valence electrons. The zero-order chi connectivity index (χ0) is 14.6. The Labute approximate surface area is 122 Å². The molecule has 0 aromatic heterocycles. The first-order valence-corrected chi connectivity index (χ1v) is 7.88. The highest BCUT2D eigenvalue weighted by Gasteiger charge is 2.24. The zero-order valence-electron chi connectivity index (χ0n) is 12.6. The molecule has 1 N–H and O–H groups in total. The lowest BCUT2D eigenvalue weighted by Crippen LogP contribution is -2.30. The number of aliphatic hydroxyl groups is 1. The van der Waals surface area contributed by atoms with E-state index in [2.05, 4.69) is 6.92 Å². The molecule has 0 amide bonds. The van der Waals surface area contributed by atoms with E-state index < -0.39 is 18.2 Å². The van der Waals surface area contributed by atoms with E-state index in [-0.39, 0.29) is 6.61 Å². The second-order valence-corrected chi connectivity index (χ2v) is 5.38. The van der Waals surface area contributed by atoms with Crippen molar-refractivity contribution in [3.63, 3.8) is 0 Å². The van der Waals surface area contributed by atoms with E-state index in [0.29, 0.717) is 6.61 Å². The molecule has 2 atom stereocenters. The summed E-state index contributed by atoms with van der Waals surface area (Å²) in [7, 11) is 0. The second kappa shape index (κ2) is 10.9. The topological polar surface area (TPSA) is 55.8 Å². The van der Waals surface area contributed by atoms with Crippen LogP contribution in [-0.4, -0.2) is 36.5 Å². The fourth-order valence-electron chi connectivity index (χ4n) is 2.23. The van der Waals surface area contributed by atoms with Crippen LogP contribution in [0.5, 0.6) is 0 Å². The normalized spacial score (nSPS) is 19.3. The largest absolute Gasteiger partial charge is 0.452 e. The maximum absolute atomic E-state index is 10.8. The van der Waals surface area contributed by atoms with Gasteiger partial charge < -0.3 is 14.6 Å². The van der Waals surface area contributed by atoms with Gasteiger partial charge in [-0.05, 0) is 12.5 Å². The van der Waals surface area contributed by atoms with Crippen LogP contribution < -0.4 is 0 Å². The van der Waals surface area contributed by atoms with Crippen LogP contribution in [0.2, 0.25) is 0 Å². The molecule has 0 saturated heterocycles. The number of hydrogen-bond acceptors (Lipinski definition) is 4. The smallest absolute Gasteiger partial charge is 0.331 e. The first-order chi connectivity index (χ1) is 9.74. The van der Waals surface area contributed by atoms with Crippen LogP contribution in [0.1, 0.15) is 58.3 Å². The highest BCUT2D eigenvalue weighted by atomic mass is 16.6. The van der Waals surface area contributed by atoms with Crippen molar-refractivity contribution in [2.24, 2.45) is 0 Å². The molecule has 0 aromatic carbocycles. The van der Waals surface area contributed by atoms with E-state index in [1.54, 1.807) is 6.08 Å².